The molecular formula is C17H21NO3S. The maximum Gasteiger partial charge on any atom is 0.308 e. The van der Waals surface area contributed by atoms with Crippen molar-refractivity contribution in [3.8, 4) is 0 Å². The predicted octanol–water partition coefficient (Wildman–Crippen LogP) is 2.85. The summed E-state index contributed by atoms with van der Waals surface area (Å²) < 4.78 is 0. The molecule has 3 rings (SSSR count). The van der Waals surface area contributed by atoms with Crippen molar-refractivity contribution in [1.29, 1.82) is 0 Å². The molecule has 0 saturated heterocycles. The largest absolute Gasteiger partial charge is 0.481 e. The van der Waals surface area contributed by atoms with Gasteiger partial charge < -0.3 is 10.4 Å². The van der Waals surface area contributed by atoms with Crippen molar-refractivity contribution in [1.82, 2.24) is 5.32 Å². The van der Waals surface area contributed by atoms with Gasteiger partial charge in [0.1, 0.15) is 0 Å². The summed E-state index contributed by atoms with van der Waals surface area (Å²) in [6, 6.07) is 7.85. The first-order valence-corrected chi connectivity index (χ1v) is 8.81. The van der Waals surface area contributed by atoms with Crippen LogP contribution in [0, 0.1) is 5.92 Å². The van der Waals surface area contributed by atoms with E-state index in [9.17, 15) is 14.7 Å². The van der Waals surface area contributed by atoms with Gasteiger partial charge in [-0.2, -0.15) is 0 Å². The van der Waals surface area contributed by atoms with Crippen LogP contribution in [0.3, 0.4) is 0 Å². The summed E-state index contributed by atoms with van der Waals surface area (Å²) in [5.41, 5.74) is 1.21. The molecule has 0 aromatic heterocycles. The number of nitrogens with one attached hydrogen (secondary N) is 1. The summed E-state index contributed by atoms with van der Waals surface area (Å²) in [6.45, 7) is 0. The Hall–Kier alpha value is -1.49. The van der Waals surface area contributed by atoms with E-state index in [0.717, 1.165) is 32.1 Å². The number of carboxylic acid groups (broad SMARTS) is 1. The Bertz CT molecular complexity index is 550. The van der Waals surface area contributed by atoms with Crippen LogP contribution in [-0.2, 0) is 16.0 Å². The van der Waals surface area contributed by atoms with E-state index in [1.165, 1.54) is 10.5 Å². The highest BCUT2D eigenvalue weighted by Crippen LogP contribution is 2.37. The van der Waals surface area contributed by atoms with Crippen LogP contribution in [0.2, 0.25) is 0 Å². The molecule has 1 unspecified atom stereocenters. The number of thioether (sulfide) groups is 1. The van der Waals surface area contributed by atoms with Gasteiger partial charge >= 0.3 is 5.97 Å². The molecule has 1 aliphatic carbocycles. The molecule has 0 bridgehead atoms. The van der Waals surface area contributed by atoms with Crippen LogP contribution >= 0.6 is 11.8 Å². The van der Waals surface area contributed by atoms with Gasteiger partial charge in [-0.25, -0.2) is 0 Å². The maximum absolute atomic E-state index is 12.5. The SMILES string of the molecule is O=C(N[C@H]1CCCCC[C@H]1C(=O)O)C1Cc2ccccc2S1. The van der Waals surface area contributed by atoms with Gasteiger partial charge in [0.2, 0.25) is 5.91 Å². The molecule has 1 aromatic rings. The average molecular weight is 319 g/mol. The number of amides is 1. The van der Waals surface area contributed by atoms with Crippen molar-refractivity contribution in [2.24, 2.45) is 5.92 Å². The highest BCUT2D eigenvalue weighted by Gasteiger charge is 2.34. The Morgan fingerprint density at radius 2 is 1.91 bits per heavy atom. The zero-order valence-electron chi connectivity index (χ0n) is 12.5. The van der Waals surface area contributed by atoms with E-state index in [2.05, 4.69) is 11.4 Å². The van der Waals surface area contributed by atoms with E-state index >= 15 is 0 Å². The Kier molecular flexibility index (Phi) is 4.71. The molecule has 1 aromatic carbocycles. The Balaban J connectivity index is 1.65. The number of rotatable bonds is 3. The zero-order valence-corrected chi connectivity index (χ0v) is 13.3. The third kappa shape index (κ3) is 3.29. The van der Waals surface area contributed by atoms with E-state index in [1.807, 2.05) is 18.2 Å². The first kappa shape index (κ1) is 15.4. The average Bonchev–Trinajstić information content (AvgIpc) is 2.80. The molecule has 118 valence electrons. The Labute approximate surface area is 134 Å². The quantitative estimate of drug-likeness (QED) is 0.841. The monoisotopic (exact) mass is 319 g/mol. The van der Waals surface area contributed by atoms with Gasteiger partial charge in [0, 0.05) is 10.9 Å². The van der Waals surface area contributed by atoms with Gasteiger partial charge in [0.05, 0.1) is 11.2 Å². The minimum atomic E-state index is -0.783. The summed E-state index contributed by atoms with van der Waals surface area (Å²) in [6.07, 6.45) is 5.15. The fourth-order valence-corrected chi connectivity index (χ4v) is 4.58. The van der Waals surface area contributed by atoms with Crippen LogP contribution in [0.25, 0.3) is 0 Å². The number of carbonyl (C=O) groups excluding carboxylic acids is 1. The molecule has 2 aliphatic rings. The van der Waals surface area contributed by atoms with Gasteiger partial charge in [0.15, 0.2) is 0 Å². The van der Waals surface area contributed by atoms with Crippen LogP contribution in [0.15, 0.2) is 29.2 Å². The van der Waals surface area contributed by atoms with Crippen LogP contribution < -0.4 is 5.32 Å². The smallest absolute Gasteiger partial charge is 0.308 e. The molecule has 22 heavy (non-hydrogen) atoms. The third-order valence-electron chi connectivity index (χ3n) is 4.60. The van der Waals surface area contributed by atoms with Crippen LogP contribution in [0.1, 0.15) is 37.7 Å². The molecule has 1 saturated carbocycles. The second-order valence-electron chi connectivity index (χ2n) is 6.12. The fraction of sp³-hybridized carbons (Fsp3) is 0.529. The van der Waals surface area contributed by atoms with E-state index in [0.29, 0.717) is 6.42 Å². The highest BCUT2D eigenvalue weighted by atomic mass is 32.2. The molecule has 5 heteroatoms. The number of carbonyl (C=O) groups is 2. The molecule has 3 atom stereocenters. The maximum atomic E-state index is 12.5. The predicted molar refractivity (Wildman–Crippen MR) is 85.9 cm³/mol. The summed E-state index contributed by atoms with van der Waals surface area (Å²) in [5, 5.41) is 12.3. The second kappa shape index (κ2) is 6.73. The van der Waals surface area contributed by atoms with Gasteiger partial charge in [-0.05, 0) is 30.9 Å². The molecule has 2 N–H and O–H groups in total. The Morgan fingerprint density at radius 1 is 1.14 bits per heavy atom. The molecule has 4 nitrogen and oxygen atoms in total. The number of hydrogen-bond donors (Lipinski definition) is 2. The Morgan fingerprint density at radius 3 is 2.68 bits per heavy atom. The summed E-state index contributed by atoms with van der Waals surface area (Å²) in [5.74, 6) is -1.24. The van der Waals surface area contributed by atoms with Gasteiger partial charge in [0.25, 0.3) is 0 Å². The van der Waals surface area contributed by atoms with Crippen molar-refractivity contribution >= 4 is 23.6 Å². The number of carboxylic acids is 1. The highest BCUT2D eigenvalue weighted by molar-refractivity contribution is 8.01. The van der Waals surface area contributed by atoms with Crippen LogP contribution in [-0.4, -0.2) is 28.3 Å². The molecule has 0 radical (unpaired) electrons. The molecule has 1 aliphatic heterocycles. The van der Waals surface area contributed by atoms with E-state index < -0.39 is 11.9 Å². The van der Waals surface area contributed by atoms with Crippen LogP contribution in [0.5, 0.6) is 0 Å². The number of benzene rings is 1. The number of aliphatic carboxylic acids is 1. The third-order valence-corrected chi connectivity index (χ3v) is 5.92. The van der Waals surface area contributed by atoms with Crippen molar-refractivity contribution < 1.29 is 14.7 Å². The van der Waals surface area contributed by atoms with E-state index in [-0.39, 0.29) is 17.2 Å². The van der Waals surface area contributed by atoms with Gasteiger partial charge in [-0.1, -0.05) is 37.5 Å². The summed E-state index contributed by atoms with van der Waals surface area (Å²) in [7, 11) is 0. The van der Waals surface area contributed by atoms with Crippen molar-refractivity contribution in [3.63, 3.8) is 0 Å². The standard InChI is InChI=1S/C17H21NO3S/c19-16(15-10-11-6-4-5-9-14(11)22-15)18-13-8-3-1-2-7-12(13)17(20)21/h4-6,9,12-13,15H,1-3,7-8,10H2,(H,18,19)(H,20,21)/t12-,13+,15?/m1/s1. The minimum Gasteiger partial charge on any atom is -0.481 e. The minimum absolute atomic E-state index is 0.0145. The molecule has 0 spiro atoms. The normalized spacial score (nSPS) is 27.7. The second-order valence-corrected chi connectivity index (χ2v) is 7.36. The first-order chi connectivity index (χ1) is 10.6. The van der Waals surface area contributed by atoms with Crippen LogP contribution in [0.4, 0.5) is 0 Å². The summed E-state index contributed by atoms with van der Waals surface area (Å²) in [4.78, 5) is 25.1. The molecule has 1 fully saturated rings. The lowest BCUT2D eigenvalue weighted by molar-refractivity contribution is -0.143. The zero-order chi connectivity index (χ0) is 15.5. The van der Waals surface area contributed by atoms with Gasteiger partial charge in [-0.15, -0.1) is 11.8 Å². The lowest BCUT2D eigenvalue weighted by atomic mass is 9.94. The van der Waals surface area contributed by atoms with Gasteiger partial charge in [-0.3, -0.25) is 9.59 Å². The molecule has 1 heterocycles. The summed E-state index contributed by atoms with van der Waals surface area (Å²) >= 11 is 1.59. The lowest BCUT2D eigenvalue weighted by Crippen LogP contribution is -2.46. The molecule has 1 amide bonds. The van der Waals surface area contributed by atoms with Crippen molar-refractivity contribution in [2.45, 2.75) is 54.7 Å². The van der Waals surface area contributed by atoms with Crippen molar-refractivity contribution in [2.75, 3.05) is 0 Å². The first-order valence-electron chi connectivity index (χ1n) is 7.93. The van der Waals surface area contributed by atoms with E-state index in [4.69, 9.17) is 0 Å². The topological polar surface area (TPSA) is 66.4 Å². The fourth-order valence-electron chi connectivity index (χ4n) is 3.38. The lowest BCUT2D eigenvalue weighted by Gasteiger charge is -2.24. The number of hydrogen-bond acceptors (Lipinski definition) is 3. The molecular weight excluding hydrogens is 298 g/mol. The van der Waals surface area contributed by atoms with E-state index in [1.54, 1.807) is 11.8 Å². The number of fused-ring (bicyclic) bond motifs is 1. The van der Waals surface area contributed by atoms with Crippen molar-refractivity contribution in [3.05, 3.63) is 29.8 Å².